The number of rotatable bonds is 3. The number of hydrazine groups is 1. The molecule has 88 valence electrons. The van der Waals surface area contributed by atoms with E-state index in [0.717, 1.165) is 6.54 Å². The minimum atomic E-state index is 0.321. The average Bonchev–Trinajstić information content (AvgIpc) is 3.20. The fourth-order valence-electron chi connectivity index (χ4n) is 2.03. The molecule has 1 aliphatic rings. The van der Waals surface area contributed by atoms with E-state index in [-0.39, 0.29) is 0 Å². The number of nitriles is 1. The highest BCUT2D eigenvalue weighted by molar-refractivity contribution is 5.32. The van der Waals surface area contributed by atoms with Crippen molar-refractivity contribution in [3.63, 3.8) is 0 Å². The van der Waals surface area contributed by atoms with Crippen LogP contribution < -0.4 is 5.43 Å². The molecule has 0 amide bonds. The van der Waals surface area contributed by atoms with Crippen LogP contribution in [-0.4, -0.2) is 5.01 Å². The number of hydrogen-bond acceptors (Lipinski definition) is 3. The van der Waals surface area contributed by atoms with Crippen molar-refractivity contribution in [3.8, 4) is 6.07 Å². The van der Waals surface area contributed by atoms with Crippen molar-refractivity contribution >= 4 is 0 Å². The molecule has 1 saturated heterocycles. The van der Waals surface area contributed by atoms with E-state index >= 15 is 0 Å². The Morgan fingerprint density at radius 1 is 1.06 bits per heavy atom. The van der Waals surface area contributed by atoms with Gasteiger partial charge >= 0.3 is 0 Å². The number of benzene rings is 2. The molecule has 2 aromatic carbocycles. The van der Waals surface area contributed by atoms with Gasteiger partial charge in [0.25, 0.3) is 0 Å². The van der Waals surface area contributed by atoms with E-state index in [1.54, 1.807) is 0 Å². The third-order valence-corrected chi connectivity index (χ3v) is 3.08. The van der Waals surface area contributed by atoms with Crippen LogP contribution in [0.5, 0.6) is 0 Å². The van der Waals surface area contributed by atoms with Crippen LogP contribution in [0.2, 0.25) is 0 Å². The summed E-state index contributed by atoms with van der Waals surface area (Å²) >= 11 is 0. The van der Waals surface area contributed by atoms with Crippen LogP contribution in [0.1, 0.15) is 22.9 Å². The quantitative estimate of drug-likeness (QED) is 0.832. The maximum Gasteiger partial charge on any atom is 0.112 e. The molecular weight excluding hydrogens is 222 g/mol. The smallest absolute Gasteiger partial charge is 0.112 e. The molecule has 0 bridgehead atoms. The van der Waals surface area contributed by atoms with Gasteiger partial charge in [-0.25, -0.2) is 10.4 Å². The summed E-state index contributed by atoms with van der Waals surface area (Å²) in [5.74, 6) is 0. The van der Waals surface area contributed by atoms with Crippen molar-refractivity contribution in [2.45, 2.75) is 12.7 Å². The van der Waals surface area contributed by atoms with Gasteiger partial charge < -0.3 is 0 Å². The summed E-state index contributed by atoms with van der Waals surface area (Å²) in [6.07, 6.45) is 0.321. The van der Waals surface area contributed by atoms with Crippen molar-refractivity contribution in [2.75, 3.05) is 0 Å². The van der Waals surface area contributed by atoms with E-state index in [1.807, 2.05) is 30.3 Å². The van der Waals surface area contributed by atoms with Crippen molar-refractivity contribution in [3.05, 3.63) is 71.3 Å². The molecule has 18 heavy (non-hydrogen) atoms. The Bertz CT molecular complexity index is 569. The normalized spacial score (nSPS) is 21.3. The molecule has 2 atom stereocenters. The van der Waals surface area contributed by atoms with Crippen molar-refractivity contribution in [1.29, 1.82) is 5.26 Å². The maximum absolute atomic E-state index is 8.74. The van der Waals surface area contributed by atoms with Crippen LogP contribution in [0.15, 0.2) is 54.6 Å². The van der Waals surface area contributed by atoms with Gasteiger partial charge in [-0.15, -0.1) is 0 Å². The highest BCUT2D eigenvalue weighted by Gasteiger charge is 2.34. The molecule has 3 rings (SSSR count). The molecule has 0 aromatic heterocycles. The minimum absolute atomic E-state index is 0.321. The first-order chi connectivity index (χ1) is 8.86. The molecule has 3 heteroatoms. The van der Waals surface area contributed by atoms with E-state index in [4.69, 9.17) is 5.26 Å². The molecule has 0 spiro atoms. The highest BCUT2D eigenvalue weighted by atomic mass is 15.7. The first-order valence-corrected chi connectivity index (χ1v) is 5.93. The summed E-state index contributed by atoms with van der Waals surface area (Å²) in [5, 5.41) is 10.9. The van der Waals surface area contributed by atoms with Gasteiger partial charge in [0, 0.05) is 6.54 Å². The van der Waals surface area contributed by atoms with E-state index < -0.39 is 0 Å². The second-order valence-corrected chi connectivity index (χ2v) is 4.38. The van der Waals surface area contributed by atoms with E-state index in [2.05, 4.69) is 40.8 Å². The SMILES string of the molecule is N#Cc1ccc(CN2NC2c2ccccc2)cc1. The van der Waals surface area contributed by atoms with Crippen LogP contribution in [0.3, 0.4) is 0 Å². The van der Waals surface area contributed by atoms with Crippen LogP contribution in [-0.2, 0) is 6.54 Å². The number of hydrogen-bond donors (Lipinski definition) is 1. The van der Waals surface area contributed by atoms with Gasteiger partial charge in [0.2, 0.25) is 0 Å². The standard InChI is InChI=1S/C15H13N3/c16-10-12-6-8-13(9-7-12)11-18-15(17-18)14-4-2-1-3-5-14/h1-9,15,17H,11H2. The topological polar surface area (TPSA) is 48.7 Å². The number of nitrogens with one attached hydrogen (secondary N) is 1. The van der Waals surface area contributed by atoms with Crippen molar-refractivity contribution < 1.29 is 0 Å². The van der Waals surface area contributed by atoms with E-state index in [1.165, 1.54) is 11.1 Å². The molecule has 1 heterocycles. The van der Waals surface area contributed by atoms with Gasteiger partial charge in [0.15, 0.2) is 0 Å². The van der Waals surface area contributed by atoms with Gasteiger partial charge in [-0.3, -0.25) is 0 Å². The summed E-state index contributed by atoms with van der Waals surface area (Å²) in [4.78, 5) is 0. The van der Waals surface area contributed by atoms with Gasteiger partial charge in [0.1, 0.15) is 6.17 Å². The van der Waals surface area contributed by atoms with Crippen LogP contribution in [0.4, 0.5) is 0 Å². The zero-order chi connectivity index (χ0) is 12.4. The van der Waals surface area contributed by atoms with Gasteiger partial charge in [0.05, 0.1) is 11.6 Å². The van der Waals surface area contributed by atoms with Gasteiger partial charge in [-0.1, -0.05) is 42.5 Å². The number of nitrogens with zero attached hydrogens (tertiary/aromatic N) is 2. The van der Waals surface area contributed by atoms with Crippen molar-refractivity contribution in [2.24, 2.45) is 0 Å². The summed E-state index contributed by atoms with van der Waals surface area (Å²) in [6, 6.07) is 20.2. The Morgan fingerprint density at radius 3 is 2.44 bits per heavy atom. The molecule has 1 N–H and O–H groups in total. The monoisotopic (exact) mass is 235 g/mol. The molecule has 3 nitrogen and oxygen atoms in total. The lowest BCUT2D eigenvalue weighted by atomic mass is 10.1. The molecule has 0 aliphatic carbocycles. The molecule has 1 fully saturated rings. The second-order valence-electron chi connectivity index (χ2n) is 4.38. The van der Waals surface area contributed by atoms with E-state index in [0.29, 0.717) is 11.7 Å². The van der Waals surface area contributed by atoms with E-state index in [9.17, 15) is 0 Å². The fourth-order valence-corrected chi connectivity index (χ4v) is 2.03. The van der Waals surface area contributed by atoms with Gasteiger partial charge in [-0.05, 0) is 23.3 Å². The molecule has 0 radical (unpaired) electrons. The summed E-state index contributed by atoms with van der Waals surface area (Å²) in [7, 11) is 0. The second kappa shape index (κ2) is 4.61. The Hall–Kier alpha value is -2.15. The average molecular weight is 235 g/mol. The summed E-state index contributed by atoms with van der Waals surface area (Å²) in [6.45, 7) is 0.852. The third kappa shape index (κ3) is 2.25. The lowest BCUT2D eigenvalue weighted by molar-refractivity contribution is 0.479. The Kier molecular flexibility index (Phi) is 2.81. The summed E-state index contributed by atoms with van der Waals surface area (Å²) < 4.78 is 0. The van der Waals surface area contributed by atoms with Crippen LogP contribution in [0.25, 0.3) is 0 Å². The van der Waals surface area contributed by atoms with Crippen molar-refractivity contribution in [1.82, 2.24) is 10.4 Å². The molecule has 0 saturated carbocycles. The van der Waals surface area contributed by atoms with Gasteiger partial charge in [-0.2, -0.15) is 5.26 Å². The highest BCUT2D eigenvalue weighted by Crippen LogP contribution is 2.29. The zero-order valence-electron chi connectivity index (χ0n) is 9.88. The Labute approximate surface area is 106 Å². The van der Waals surface area contributed by atoms with Crippen LogP contribution >= 0.6 is 0 Å². The molecule has 2 unspecified atom stereocenters. The zero-order valence-corrected chi connectivity index (χ0v) is 9.88. The lowest BCUT2D eigenvalue weighted by Gasteiger charge is -2.02. The Morgan fingerprint density at radius 2 is 1.78 bits per heavy atom. The minimum Gasteiger partial charge on any atom is -0.230 e. The van der Waals surface area contributed by atoms with Crippen LogP contribution in [0, 0.1) is 11.3 Å². The predicted molar refractivity (Wildman–Crippen MR) is 69.0 cm³/mol. The first kappa shape index (κ1) is 11.0. The maximum atomic E-state index is 8.74. The summed E-state index contributed by atoms with van der Waals surface area (Å²) in [5.41, 5.74) is 6.53. The molecule has 2 aromatic rings. The fraction of sp³-hybridized carbons (Fsp3) is 0.133. The molecule has 1 aliphatic heterocycles. The lowest BCUT2D eigenvalue weighted by Crippen LogP contribution is -2.00. The largest absolute Gasteiger partial charge is 0.230 e. The first-order valence-electron chi connectivity index (χ1n) is 5.93. The Balaban J connectivity index is 1.64. The third-order valence-electron chi connectivity index (χ3n) is 3.08. The predicted octanol–water partition coefficient (Wildman–Crippen LogP) is 2.58. The molecular formula is C15H13N3.